The zero-order valence-electron chi connectivity index (χ0n) is 12.0. The Labute approximate surface area is 120 Å². The molecule has 1 aromatic rings. The number of ether oxygens (including phenoxy) is 1. The molecule has 1 amide bonds. The van der Waals surface area contributed by atoms with Crippen LogP contribution >= 0.6 is 0 Å². The molecule has 0 unspecified atom stereocenters. The van der Waals surface area contributed by atoms with Gasteiger partial charge in [0.1, 0.15) is 0 Å². The summed E-state index contributed by atoms with van der Waals surface area (Å²) in [5, 5.41) is 2.91. The number of carbonyl (C=O) groups is 1. The van der Waals surface area contributed by atoms with E-state index in [0.29, 0.717) is 19.0 Å². The molecule has 2 heterocycles. The molecule has 1 aliphatic rings. The van der Waals surface area contributed by atoms with Crippen molar-refractivity contribution in [3.63, 3.8) is 0 Å². The Bertz CT molecular complexity index is 405. The average Bonchev–Trinajstić information content (AvgIpc) is 2.98. The van der Waals surface area contributed by atoms with Crippen LogP contribution in [-0.2, 0) is 16.1 Å². The van der Waals surface area contributed by atoms with E-state index in [9.17, 15) is 4.79 Å². The van der Waals surface area contributed by atoms with Gasteiger partial charge in [0.15, 0.2) is 0 Å². The highest BCUT2D eigenvalue weighted by Gasteiger charge is 2.19. The van der Waals surface area contributed by atoms with Crippen molar-refractivity contribution in [2.24, 2.45) is 5.92 Å². The predicted molar refractivity (Wildman–Crippen MR) is 77.1 cm³/mol. The third-order valence-corrected chi connectivity index (χ3v) is 3.55. The SMILES string of the molecule is CCN(CC(=O)NCc1ccccn1)C[C@H]1CCOC1. The smallest absolute Gasteiger partial charge is 0.234 e. The molecular formula is C15H23N3O2. The van der Waals surface area contributed by atoms with Crippen LogP contribution in [0.3, 0.4) is 0 Å². The molecular weight excluding hydrogens is 254 g/mol. The van der Waals surface area contributed by atoms with Crippen LogP contribution in [0.1, 0.15) is 19.0 Å². The second kappa shape index (κ2) is 7.97. The lowest BCUT2D eigenvalue weighted by molar-refractivity contribution is -0.122. The van der Waals surface area contributed by atoms with Crippen LogP contribution in [0.4, 0.5) is 0 Å². The first kappa shape index (κ1) is 14.9. The summed E-state index contributed by atoms with van der Waals surface area (Å²) in [5.41, 5.74) is 0.882. The maximum Gasteiger partial charge on any atom is 0.234 e. The fraction of sp³-hybridized carbons (Fsp3) is 0.600. The number of hydrogen-bond acceptors (Lipinski definition) is 4. The van der Waals surface area contributed by atoms with E-state index in [0.717, 1.165) is 38.4 Å². The lowest BCUT2D eigenvalue weighted by Gasteiger charge is -2.22. The van der Waals surface area contributed by atoms with Crippen LogP contribution in [0.25, 0.3) is 0 Å². The van der Waals surface area contributed by atoms with Gasteiger partial charge < -0.3 is 10.1 Å². The molecule has 5 nitrogen and oxygen atoms in total. The monoisotopic (exact) mass is 277 g/mol. The number of carbonyl (C=O) groups excluding carboxylic acids is 1. The van der Waals surface area contributed by atoms with Crippen molar-refractivity contribution in [3.05, 3.63) is 30.1 Å². The minimum Gasteiger partial charge on any atom is -0.381 e. The Morgan fingerprint density at radius 2 is 2.45 bits per heavy atom. The van der Waals surface area contributed by atoms with Gasteiger partial charge in [0.25, 0.3) is 0 Å². The number of pyridine rings is 1. The number of rotatable bonds is 7. The van der Waals surface area contributed by atoms with Crippen LogP contribution < -0.4 is 5.32 Å². The van der Waals surface area contributed by atoms with Gasteiger partial charge in [-0.05, 0) is 31.0 Å². The van der Waals surface area contributed by atoms with E-state index in [1.54, 1.807) is 6.20 Å². The average molecular weight is 277 g/mol. The van der Waals surface area contributed by atoms with Crippen molar-refractivity contribution >= 4 is 5.91 Å². The Balaban J connectivity index is 1.71. The summed E-state index contributed by atoms with van der Waals surface area (Å²) in [4.78, 5) is 18.3. The maximum atomic E-state index is 11.9. The summed E-state index contributed by atoms with van der Waals surface area (Å²) < 4.78 is 5.38. The molecule has 1 aliphatic heterocycles. The number of nitrogens with one attached hydrogen (secondary N) is 1. The van der Waals surface area contributed by atoms with Crippen LogP contribution in [-0.4, -0.2) is 48.6 Å². The minimum absolute atomic E-state index is 0.0522. The van der Waals surface area contributed by atoms with E-state index in [1.165, 1.54) is 0 Å². The van der Waals surface area contributed by atoms with Crippen molar-refractivity contribution < 1.29 is 9.53 Å². The summed E-state index contributed by atoms with van der Waals surface area (Å²) in [6, 6.07) is 5.70. The second-order valence-electron chi connectivity index (χ2n) is 5.16. The maximum absolute atomic E-state index is 11.9. The quantitative estimate of drug-likeness (QED) is 0.809. The van der Waals surface area contributed by atoms with Gasteiger partial charge in [-0.3, -0.25) is 14.7 Å². The zero-order valence-corrected chi connectivity index (χ0v) is 12.0. The van der Waals surface area contributed by atoms with Crippen LogP contribution in [0.15, 0.2) is 24.4 Å². The van der Waals surface area contributed by atoms with Crippen molar-refractivity contribution in [3.8, 4) is 0 Å². The highest BCUT2D eigenvalue weighted by molar-refractivity contribution is 5.77. The molecule has 1 saturated heterocycles. The molecule has 0 spiro atoms. The summed E-state index contributed by atoms with van der Waals surface area (Å²) in [6.45, 7) is 6.52. The van der Waals surface area contributed by atoms with Gasteiger partial charge in [-0.25, -0.2) is 0 Å². The topological polar surface area (TPSA) is 54.5 Å². The molecule has 1 fully saturated rings. The Hall–Kier alpha value is -1.46. The summed E-state index contributed by atoms with van der Waals surface area (Å²) >= 11 is 0. The largest absolute Gasteiger partial charge is 0.381 e. The van der Waals surface area contributed by atoms with E-state index < -0.39 is 0 Å². The molecule has 2 rings (SSSR count). The van der Waals surface area contributed by atoms with Crippen LogP contribution in [0.2, 0.25) is 0 Å². The van der Waals surface area contributed by atoms with Crippen LogP contribution in [0.5, 0.6) is 0 Å². The number of nitrogens with zero attached hydrogens (tertiary/aromatic N) is 2. The first-order valence-corrected chi connectivity index (χ1v) is 7.24. The first-order chi connectivity index (χ1) is 9.78. The van der Waals surface area contributed by atoms with Gasteiger partial charge in [0.2, 0.25) is 5.91 Å². The van der Waals surface area contributed by atoms with E-state index in [-0.39, 0.29) is 5.91 Å². The molecule has 0 aromatic carbocycles. The van der Waals surface area contributed by atoms with E-state index in [2.05, 4.69) is 22.1 Å². The summed E-state index contributed by atoms with van der Waals surface area (Å²) in [6.07, 6.45) is 2.84. The number of hydrogen-bond donors (Lipinski definition) is 1. The fourth-order valence-electron chi connectivity index (χ4n) is 2.35. The van der Waals surface area contributed by atoms with Crippen molar-refractivity contribution in [1.82, 2.24) is 15.2 Å². The van der Waals surface area contributed by atoms with Crippen molar-refractivity contribution in [2.75, 3.05) is 32.8 Å². The standard InChI is InChI=1S/C15H23N3O2/c1-2-18(10-13-6-8-20-12-13)11-15(19)17-9-14-5-3-4-7-16-14/h3-5,7,13H,2,6,8-12H2,1H3,(H,17,19)/t13-/m1/s1. The van der Waals surface area contributed by atoms with Crippen molar-refractivity contribution in [1.29, 1.82) is 0 Å². The molecule has 1 N–H and O–H groups in total. The Kier molecular flexibility index (Phi) is 5.95. The van der Waals surface area contributed by atoms with Gasteiger partial charge in [-0.15, -0.1) is 0 Å². The lowest BCUT2D eigenvalue weighted by atomic mass is 10.1. The predicted octanol–water partition coefficient (Wildman–Crippen LogP) is 1.06. The van der Waals surface area contributed by atoms with E-state index >= 15 is 0 Å². The molecule has 0 aliphatic carbocycles. The Morgan fingerprint density at radius 1 is 1.55 bits per heavy atom. The third kappa shape index (κ3) is 4.90. The summed E-state index contributed by atoms with van der Waals surface area (Å²) in [5.74, 6) is 0.620. The second-order valence-corrected chi connectivity index (χ2v) is 5.16. The van der Waals surface area contributed by atoms with Gasteiger partial charge in [-0.1, -0.05) is 13.0 Å². The molecule has 1 atom stereocenters. The first-order valence-electron chi connectivity index (χ1n) is 7.24. The van der Waals surface area contributed by atoms with E-state index in [4.69, 9.17) is 4.74 Å². The van der Waals surface area contributed by atoms with Gasteiger partial charge in [0.05, 0.1) is 25.4 Å². The third-order valence-electron chi connectivity index (χ3n) is 3.55. The minimum atomic E-state index is 0.0522. The highest BCUT2D eigenvalue weighted by Crippen LogP contribution is 2.13. The molecule has 5 heteroatoms. The number of aromatic nitrogens is 1. The molecule has 0 bridgehead atoms. The number of amides is 1. The van der Waals surface area contributed by atoms with Crippen LogP contribution in [0, 0.1) is 5.92 Å². The highest BCUT2D eigenvalue weighted by atomic mass is 16.5. The lowest BCUT2D eigenvalue weighted by Crippen LogP contribution is -2.39. The molecule has 0 radical (unpaired) electrons. The zero-order chi connectivity index (χ0) is 14.2. The number of likely N-dealkylation sites (N-methyl/N-ethyl adjacent to an activating group) is 1. The molecule has 1 aromatic heterocycles. The van der Waals surface area contributed by atoms with Gasteiger partial charge in [0, 0.05) is 19.3 Å². The van der Waals surface area contributed by atoms with Crippen molar-refractivity contribution in [2.45, 2.75) is 19.9 Å². The molecule has 0 saturated carbocycles. The van der Waals surface area contributed by atoms with Gasteiger partial charge in [-0.2, -0.15) is 0 Å². The molecule has 110 valence electrons. The normalized spacial score (nSPS) is 18.4. The Morgan fingerprint density at radius 3 is 3.10 bits per heavy atom. The van der Waals surface area contributed by atoms with Gasteiger partial charge >= 0.3 is 0 Å². The summed E-state index contributed by atoms with van der Waals surface area (Å²) in [7, 11) is 0. The van der Waals surface area contributed by atoms with E-state index in [1.807, 2.05) is 18.2 Å². The molecule has 20 heavy (non-hydrogen) atoms. The fourth-order valence-corrected chi connectivity index (χ4v) is 2.35.